The molecule has 0 heterocycles. The Labute approximate surface area is 90.3 Å². The van der Waals surface area contributed by atoms with Gasteiger partial charge in [0.05, 0.1) is 0 Å². The first-order valence-corrected chi connectivity index (χ1v) is 5.07. The first-order chi connectivity index (χ1) is 7.20. The summed E-state index contributed by atoms with van der Waals surface area (Å²) in [5.74, 6) is 0. The maximum absolute atomic E-state index is 11.1. The van der Waals surface area contributed by atoms with Crippen LogP contribution in [0.3, 0.4) is 0 Å². The lowest BCUT2D eigenvalue weighted by Gasteiger charge is -2.04. The maximum atomic E-state index is 11.1. The summed E-state index contributed by atoms with van der Waals surface area (Å²) >= 11 is 0. The van der Waals surface area contributed by atoms with Gasteiger partial charge in [-0.1, -0.05) is 12.5 Å². The SMILES string of the molecule is CC/C(C)=C/NC(=O)NCCCNC=O. The molecule has 0 radical (unpaired) electrons. The standard InChI is InChI=1S/C10H19N3O2/c1-3-9(2)7-13-10(15)12-6-4-5-11-8-14/h7-8H,3-6H2,1-2H3,(H,11,14)(H2,12,13,15)/b9-7+. The molecule has 0 aliphatic heterocycles. The van der Waals surface area contributed by atoms with E-state index in [9.17, 15) is 9.59 Å². The predicted molar refractivity (Wildman–Crippen MR) is 59.3 cm³/mol. The van der Waals surface area contributed by atoms with Crippen molar-refractivity contribution in [3.8, 4) is 0 Å². The first-order valence-electron chi connectivity index (χ1n) is 5.07. The second-order valence-electron chi connectivity index (χ2n) is 3.17. The molecule has 0 saturated carbocycles. The van der Waals surface area contributed by atoms with E-state index in [2.05, 4.69) is 16.0 Å². The lowest BCUT2D eigenvalue weighted by Crippen LogP contribution is -2.34. The van der Waals surface area contributed by atoms with Crippen molar-refractivity contribution in [1.29, 1.82) is 0 Å². The van der Waals surface area contributed by atoms with Gasteiger partial charge in [0.2, 0.25) is 6.41 Å². The topological polar surface area (TPSA) is 70.2 Å². The van der Waals surface area contributed by atoms with Gasteiger partial charge in [-0.05, 0) is 19.8 Å². The number of carbonyl (C=O) groups is 2. The molecule has 0 aliphatic carbocycles. The summed E-state index contributed by atoms with van der Waals surface area (Å²) in [7, 11) is 0. The molecule has 0 aliphatic rings. The Balaban J connectivity index is 3.45. The van der Waals surface area contributed by atoms with Gasteiger partial charge in [0.1, 0.15) is 0 Å². The zero-order valence-corrected chi connectivity index (χ0v) is 9.30. The van der Waals surface area contributed by atoms with Crippen molar-refractivity contribution >= 4 is 12.4 Å². The lowest BCUT2D eigenvalue weighted by molar-refractivity contribution is -0.109. The zero-order chi connectivity index (χ0) is 11.5. The van der Waals surface area contributed by atoms with Crippen molar-refractivity contribution in [3.63, 3.8) is 0 Å². The molecule has 0 spiro atoms. The third-order valence-corrected chi connectivity index (χ3v) is 1.87. The van der Waals surface area contributed by atoms with Crippen LogP contribution in [0.5, 0.6) is 0 Å². The number of hydrogen-bond acceptors (Lipinski definition) is 2. The van der Waals surface area contributed by atoms with Crippen molar-refractivity contribution in [3.05, 3.63) is 11.8 Å². The van der Waals surface area contributed by atoms with Crippen molar-refractivity contribution < 1.29 is 9.59 Å². The van der Waals surface area contributed by atoms with Crippen LogP contribution in [0.15, 0.2) is 11.8 Å². The van der Waals surface area contributed by atoms with Gasteiger partial charge in [-0.3, -0.25) is 4.79 Å². The fourth-order valence-electron chi connectivity index (χ4n) is 0.793. The van der Waals surface area contributed by atoms with E-state index in [4.69, 9.17) is 0 Å². The van der Waals surface area contributed by atoms with Crippen molar-refractivity contribution in [1.82, 2.24) is 16.0 Å². The van der Waals surface area contributed by atoms with Gasteiger partial charge in [-0.25, -0.2) is 4.79 Å². The summed E-state index contributed by atoms with van der Waals surface area (Å²) in [6.45, 7) is 5.10. The van der Waals surface area contributed by atoms with Crippen LogP contribution in [0.4, 0.5) is 4.79 Å². The van der Waals surface area contributed by atoms with E-state index in [0.29, 0.717) is 19.5 Å². The highest BCUT2D eigenvalue weighted by Gasteiger charge is 1.95. The van der Waals surface area contributed by atoms with Gasteiger partial charge in [-0.15, -0.1) is 0 Å². The van der Waals surface area contributed by atoms with E-state index in [-0.39, 0.29) is 6.03 Å². The quantitative estimate of drug-likeness (QED) is 0.431. The van der Waals surface area contributed by atoms with Crippen molar-refractivity contribution in [2.45, 2.75) is 26.7 Å². The molecule has 5 heteroatoms. The monoisotopic (exact) mass is 213 g/mol. The highest BCUT2D eigenvalue weighted by Crippen LogP contribution is 1.94. The lowest BCUT2D eigenvalue weighted by atomic mass is 10.3. The molecule has 0 unspecified atom stereocenters. The molecule has 5 nitrogen and oxygen atoms in total. The van der Waals surface area contributed by atoms with Crippen molar-refractivity contribution in [2.24, 2.45) is 0 Å². The summed E-state index contributed by atoms with van der Waals surface area (Å²) in [6, 6.07) is -0.214. The van der Waals surface area contributed by atoms with Crippen LogP contribution in [0.1, 0.15) is 26.7 Å². The normalized spacial score (nSPS) is 10.7. The van der Waals surface area contributed by atoms with E-state index in [1.165, 1.54) is 0 Å². The average Bonchev–Trinajstić information content (AvgIpc) is 2.25. The average molecular weight is 213 g/mol. The Morgan fingerprint density at radius 3 is 2.67 bits per heavy atom. The van der Waals surface area contributed by atoms with Crippen LogP contribution >= 0.6 is 0 Å². The van der Waals surface area contributed by atoms with Crippen LogP contribution in [-0.2, 0) is 4.79 Å². The number of amides is 3. The van der Waals surface area contributed by atoms with Crippen LogP contribution in [0.25, 0.3) is 0 Å². The highest BCUT2D eigenvalue weighted by atomic mass is 16.2. The van der Waals surface area contributed by atoms with Gasteiger partial charge in [0.25, 0.3) is 0 Å². The molecule has 0 saturated heterocycles. The van der Waals surface area contributed by atoms with E-state index in [0.717, 1.165) is 18.4 Å². The van der Waals surface area contributed by atoms with E-state index in [1.807, 2.05) is 13.8 Å². The molecule has 0 aromatic carbocycles. The Kier molecular flexibility index (Phi) is 8.13. The minimum atomic E-state index is -0.214. The molecular weight excluding hydrogens is 194 g/mol. The summed E-state index contributed by atoms with van der Waals surface area (Å²) in [6.07, 6.45) is 3.98. The number of allylic oxidation sites excluding steroid dienone is 1. The molecule has 0 atom stereocenters. The van der Waals surface area contributed by atoms with Gasteiger partial charge in [-0.2, -0.15) is 0 Å². The molecular formula is C10H19N3O2. The van der Waals surface area contributed by atoms with Gasteiger partial charge in [0, 0.05) is 19.3 Å². The molecule has 15 heavy (non-hydrogen) atoms. The summed E-state index contributed by atoms with van der Waals surface area (Å²) < 4.78 is 0. The van der Waals surface area contributed by atoms with E-state index >= 15 is 0 Å². The Hall–Kier alpha value is -1.52. The molecule has 0 aromatic rings. The van der Waals surface area contributed by atoms with Crippen LogP contribution in [0.2, 0.25) is 0 Å². The van der Waals surface area contributed by atoms with Gasteiger partial charge < -0.3 is 16.0 Å². The Morgan fingerprint density at radius 1 is 1.33 bits per heavy atom. The third-order valence-electron chi connectivity index (χ3n) is 1.87. The molecule has 0 rings (SSSR count). The fraction of sp³-hybridized carbons (Fsp3) is 0.600. The summed E-state index contributed by atoms with van der Waals surface area (Å²) in [5, 5.41) is 7.81. The zero-order valence-electron chi connectivity index (χ0n) is 9.30. The summed E-state index contributed by atoms with van der Waals surface area (Å²) in [5.41, 5.74) is 1.12. The Morgan fingerprint density at radius 2 is 2.07 bits per heavy atom. The minimum Gasteiger partial charge on any atom is -0.359 e. The van der Waals surface area contributed by atoms with Crippen LogP contribution in [0, 0.1) is 0 Å². The summed E-state index contributed by atoms with van der Waals surface area (Å²) in [4.78, 5) is 21.0. The predicted octanol–water partition coefficient (Wildman–Crippen LogP) is 0.735. The second-order valence-corrected chi connectivity index (χ2v) is 3.17. The smallest absolute Gasteiger partial charge is 0.318 e. The first kappa shape index (κ1) is 13.5. The number of hydrogen-bond donors (Lipinski definition) is 3. The number of carbonyl (C=O) groups excluding carboxylic acids is 2. The number of rotatable bonds is 7. The van der Waals surface area contributed by atoms with E-state index < -0.39 is 0 Å². The molecule has 0 bridgehead atoms. The second kappa shape index (κ2) is 9.05. The fourth-order valence-corrected chi connectivity index (χ4v) is 0.793. The molecule has 86 valence electrons. The molecule has 3 N–H and O–H groups in total. The Bertz CT molecular complexity index is 227. The van der Waals surface area contributed by atoms with Gasteiger partial charge in [0.15, 0.2) is 0 Å². The number of nitrogens with one attached hydrogen (secondary N) is 3. The van der Waals surface area contributed by atoms with Crippen LogP contribution < -0.4 is 16.0 Å². The molecule has 0 fully saturated rings. The van der Waals surface area contributed by atoms with E-state index in [1.54, 1.807) is 6.20 Å². The minimum absolute atomic E-state index is 0.214. The number of urea groups is 1. The molecule has 3 amide bonds. The largest absolute Gasteiger partial charge is 0.359 e. The maximum Gasteiger partial charge on any atom is 0.318 e. The van der Waals surface area contributed by atoms with Crippen LogP contribution in [-0.4, -0.2) is 25.5 Å². The third kappa shape index (κ3) is 8.80. The highest BCUT2D eigenvalue weighted by molar-refractivity contribution is 5.74. The van der Waals surface area contributed by atoms with Gasteiger partial charge >= 0.3 is 6.03 Å². The molecule has 0 aromatic heterocycles. The van der Waals surface area contributed by atoms with Crippen molar-refractivity contribution in [2.75, 3.05) is 13.1 Å².